The molecule has 0 fully saturated rings. The molecule has 3 rings (SSSR count). The zero-order valence-electron chi connectivity index (χ0n) is 14.8. The summed E-state index contributed by atoms with van der Waals surface area (Å²) in [6.07, 6.45) is 0. The lowest BCUT2D eigenvalue weighted by atomic mass is 9.86. The van der Waals surface area contributed by atoms with Crippen molar-refractivity contribution in [2.24, 2.45) is 0 Å². The van der Waals surface area contributed by atoms with Gasteiger partial charge in [0.15, 0.2) is 18.1 Å². The summed E-state index contributed by atoms with van der Waals surface area (Å²) in [5.41, 5.74) is 1.99. The maximum absolute atomic E-state index is 12.1. The number of hydrogen-bond donors (Lipinski definition) is 1. The van der Waals surface area contributed by atoms with Crippen LogP contribution in [0, 0.1) is 0 Å². The van der Waals surface area contributed by atoms with Gasteiger partial charge in [-0.05, 0) is 34.7 Å². The summed E-state index contributed by atoms with van der Waals surface area (Å²) in [4.78, 5) is 12.1. The Balaban J connectivity index is 1.54. The number of ether oxygens (including phenoxy) is 3. The fourth-order valence-corrected chi connectivity index (χ4v) is 2.66. The van der Waals surface area contributed by atoms with Gasteiger partial charge < -0.3 is 19.5 Å². The Labute approximate surface area is 147 Å². The maximum atomic E-state index is 12.1. The monoisotopic (exact) mass is 341 g/mol. The van der Waals surface area contributed by atoms with Crippen LogP contribution in [0.1, 0.15) is 31.9 Å². The van der Waals surface area contributed by atoms with Crippen LogP contribution in [-0.2, 0) is 16.8 Å². The first-order valence-electron chi connectivity index (χ1n) is 8.31. The molecule has 0 radical (unpaired) electrons. The van der Waals surface area contributed by atoms with Crippen molar-refractivity contribution < 1.29 is 19.0 Å². The summed E-state index contributed by atoms with van der Waals surface area (Å²) >= 11 is 0. The van der Waals surface area contributed by atoms with E-state index in [2.05, 4.69) is 26.1 Å². The van der Waals surface area contributed by atoms with E-state index >= 15 is 0 Å². The molecule has 0 unspecified atom stereocenters. The van der Waals surface area contributed by atoms with Gasteiger partial charge in [0.2, 0.25) is 6.79 Å². The van der Waals surface area contributed by atoms with Crippen LogP contribution < -0.4 is 19.5 Å². The van der Waals surface area contributed by atoms with Crippen molar-refractivity contribution in [2.45, 2.75) is 32.7 Å². The molecule has 1 N–H and O–H groups in total. The van der Waals surface area contributed by atoms with Crippen molar-refractivity contribution in [3.63, 3.8) is 0 Å². The van der Waals surface area contributed by atoms with E-state index in [0.717, 1.165) is 22.6 Å². The minimum absolute atomic E-state index is 0.0162. The molecule has 1 aliphatic heterocycles. The first-order chi connectivity index (χ1) is 11.9. The quantitative estimate of drug-likeness (QED) is 0.905. The zero-order chi connectivity index (χ0) is 17.9. The van der Waals surface area contributed by atoms with Crippen LogP contribution in [-0.4, -0.2) is 19.3 Å². The van der Waals surface area contributed by atoms with Gasteiger partial charge in [-0.3, -0.25) is 4.79 Å². The molecular formula is C20H23NO4. The van der Waals surface area contributed by atoms with Crippen molar-refractivity contribution in [2.75, 3.05) is 13.4 Å². The number of fused-ring (bicyclic) bond motifs is 1. The second kappa shape index (κ2) is 7.05. The summed E-state index contributed by atoms with van der Waals surface area (Å²) in [6.45, 7) is 7.00. The van der Waals surface area contributed by atoms with E-state index in [1.165, 1.54) is 0 Å². The third kappa shape index (κ3) is 4.24. The van der Waals surface area contributed by atoms with Crippen molar-refractivity contribution >= 4 is 5.91 Å². The fourth-order valence-electron chi connectivity index (χ4n) is 2.66. The lowest BCUT2D eigenvalue weighted by molar-refractivity contribution is -0.123. The third-order valence-electron chi connectivity index (χ3n) is 3.98. The Hall–Kier alpha value is -2.69. The Morgan fingerprint density at radius 2 is 1.88 bits per heavy atom. The highest BCUT2D eigenvalue weighted by molar-refractivity contribution is 5.77. The Kier molecular flexibility index (Phi) is 4.83. The standard InChI is InChI=1S/C20H23NO4/c1-20(2,3)15-6-4-5-7-16(15)23-12-19(22)21-11-14-8-9-17-18(10-14)25-13-24-17/h4-10H,11-13H2,1-3H3,(H,21,22). The number of nitrogens with one attached hydrogen (secondary N) is 1. The van der Waals surface area contributed by atoms with Crippen LogP contribution in [0.2, 0.25) is 0 Å². The number of hydrogen-bond acceptors (Lipinski definition) is 4. The van der Waals surface area contributed by atoms with E-state index in [4.69, 9.17) is 14.2 Å². The second-order valence-corrected chi connectivity index (χ2v) is 7.00. The molecule has 1 heterocycles. The van der Waals surface area contributed by atoms with Crippen molar-refractivity contribution in [1.82, 2.24) is 5.32 Å². The van der Waals surface area contributed by atoms with Crippen LogP contribution in [0.25, 0.3) is 0 Å². The van der Waals surface area contributed by atoms with Crippen molar-refractivity contribution in [3.05, 3.63) is 53.6 Å². The summed E-state index contributed by atoms with van der Waals surface area (Å²) in [7, 11) is 0. The van der Waals surface area contributed by atoms with Crippen LogP contribution in [0.3, 0.4) is 0 Å². The van der Waals surface area contributed by atoms with Crippen molar-refractivity contribution in [1.29, 1.82) is 0 Å². The summed E-state index contributed by atoms with van der Waals surface area (Å²) in [5.74, 6) is 2.02. The van der Waals surface area contributed by atoms with Gasteiger partial charge >= 0.3 is 0 Å². The molecular weight excluding hydrogens is 318 g/mol. The smallest absolute Gasteiger partial charge is 0.258 e. The molecule has 0 atom stereocenters. The molecule has 5 nitrogen and oxygen atoms in total. The highest BCUT2D eigenvalue weighted by Crippen LogP contribution is 2.32. The lowest BCUT2D eigenvalue weighted by Gasteiger charge is -2.22. The Morgan fingerprint density at radius 1 is 1.12 bits per heavy atom. The Bertz CT molecular complexity index is 765. The third-order valence-corrected chi connectivity index (χ3v) is 3.98. The van der Waals surface area contributed by atoms with E-state index in [0.29, 0.717) is 12.3 Å². The number of para-hydroxylation sites is 1. The van der Waals surface area contributed by atoms with E-state index in [9.17, 15) is 4.79 Å². The van der Waals surface area contributed by atoms with Gasteiger partial charge in [-0.1, -0.05) is 45.0 Å². The maximum Gasteiger partial charge on any atom is 0.258 e. The predicted molar refractivity (Wildman–Crippen MR) is 95.0 cm³/mol. The van der Waals surface area contributed by atoms with E-state index in [1.807, 2.05) is 42.5 Å². The van der Waals surface area contributed by atoms with Crippen molar-refractivity contribution in [3.8, 4) is 17.2 Å². The summed E-state index contributed by atoms with van der Waals surface area (Å²) < 4.78 is 16.3. The van der Waals surface area contributed by atoms with Gasteiger partial charge in [0.25, 0.3) is 5.91 Å². The molecule has 0 aliphatic carbocycles. The molecule has 5 heteroatoms. The number of benzene rings is 2. The van der Waals surface area contributed by atoms with Gasteiger partial charge in [-0.15, -0.1) is 0 Å². The van der Waals surface area contributed by atoms with Gasteiger partial charge in [0, 0.05) is 6.54 Å². The van der Waals surface area contributed by atoms with Gasteiger partial charge in [0.1, 0.15) is 5.75 Å². The number of rotatable bonds is 5. The second-order valence-electron chi connectivity index (χ2n) is 7.00. The van der Waals surface area contributed by atoms with Crippen LogP contribution in [0.5, 0.6) is 17.2 Å². The molecule has 2 aromatic rings. The molecule has 25 heavy (non-hydrogen) atoms. The van der Waals surface area contributed by atoms with E-state index < -0.39 is 0 Å². The molecule has 1 aliphatic rings. The van der Waals surface area contributed by atoms with Gasteiger partial charge in [-0.25, -0.2) is 0 Å². The largest absolute Gasteiger partial charge is 0.483 e. The highest BCUT2D eigenvalue weighted by Gasteiger charge is 2.19. The summed E-state index contributed by atoms with van der Waals surface area (Å²) in [6, 6.07) is 13.4. The Morgan fingerprint density at radius 3 is 2.68 bits per heavy atom. The average molecular weight is 341 g/mol. The van der Waals surface area contributed by atoms with E-state index in [1.54, 1.807) is 0 Å². The number of carbonyl (C=O) groups excluding carboxylic acids is 1. The first-order valence-corrected chi connectivity index (χ1v) is 8.31. The molecule has 0 spiro atoms. The zero-order valence-corrected chi connectivity index (χ0v) is 14.8. The minimum atomic E-state index is -0.165. The minimum Gasteiger partial charge on any atom is -0.483 e. The summed E-state index contributed by atoms with van der Waals surface area (Å²) in [5, 5.41) is 2.86. The molecule has 132 valence electrons. The van der Waals surface area contributed by atoms with Gasteiger partial charge in [0.05, 0.1) is 0 Å². The molecule has 2 aromatic carbocycles. The first kappa shape index (κ1) is 17.1. The van der Waals surface area contributed by atoms with Crippen LogP contribution >= 0.6 is 0 Å². The van der Waals surface area contributed by atoms with Crippen LogP contribution in [0.4, 0.5) is 0 Å². The van der Waals surface area contributed by atoms with Gasteiger partial charge in [-0.2, -0.15) is 0 Å². The normalized spacial score (nSPS) is 12.8. The molecule has 1 amide bonds. The predicted octanol–water partition coefficient (Wildman–Crippen LogP) is 3.41. The average Bonchev–Trinajstić information content (AvgIpc) is 3.05. The van der Waals surface area contributed by atoms with E-state index in [-0.39, 0.29) is 24.7 Å². The molecule has 0 bridgehead atoms. The number of carbonyl (C=O) groups is 1. The number of amides is 1. The molecule has 0 saturated heterocycles. The highest BCUT2D eigenvalue weighted by atomic mass is 16.7. The molecule has 0 aromatic heterocycles. The molecule has 0 saturated carbocycles. The fraction of sp³-hybridized carbons (Fsp3) is 0.350. The lowest BCUT2D eigenvalue weighted by Crippen LogP contribution is -2.29. The van der Waals surface area contributed by atoms with Crippen LogP contribution in [0.15, 0.2) is 42.5 Å². The topological polar surface area (TPSA) is 56.8 Å². The SMILES string of the molecule is CC(C)(C)c1ccccc1OCC(=O)NCc1ccc2c(c1)OCO2.